The quantitative estimate of drug-likeness (QED) is 0.670. The topological polar surface area (TPSA) is 35.5 Å². The number of ether oxygens (including phenoxy) is 2. The molecule has 1 aromatic carbocycles. The highest BCUT2D eigenvalue weighted by Crippen LogP contribution is 2.37. The molecule has 14 heavy (non-hydrogen) atoms. The second kappa shape index (κ2) is 3.33. The lowest BCUT2D eigenvalue weighted by Crippen LogP contribution is -1.98. The fourth-order valence-electron chi connectivity index (χ4n) is 1.76. The highest BCUT2D eigenvalue weighted by atomic mass is 16.5. The van der Waals surface area contributed by atoms with Crippen molar-refractivity contribution in [2.24, 2.45) is 0 Å². The average molecular weight is 192 g/mol. The summed E-state index contributed by atoms with van der Waals surface area (Å²) in [6.45, 7) is 2.20. The third-order valence-corrected chi connectivity index (χ3v) is 2.42. The molecular formula is C11H12O3. The van der Waals surface area contributed by atoms with Crippen LogP contribution >= 0.6 is 0 Å². The molecule has 0 aliphatic carbocycles. The molecule has 0 spiro atoms. The molecule has 1 heterocycles. The van der Waals surface area contributed by atoms with Gasteiger partial charge >= 0.3 is 0 Å². The van der Waals surface area contributed by atoms with Crippen molar-refractivity contribution in [2.45, 2.75) is 13.3 Å². The summed E-state index contributed by atoms with van der Waals surface area (Å²) in [5.74, 6) is 1.53. The largest absolute Gasteiger partial charge is 0.493 e. The molecule has 0 atom stereocenters. The van der Waals surface area contributed by atoms with Crippen LogP contribution in [0.25, 0.3) is 0 Å². The van der Waals surface area contributed by atoms with E-state index in [2.05, 4.69) is 0 Å². The Bertz CT molecular complexity index is 382. The molecule has 0 amide bonds. The summed E-state index contributed by atoms with van der Waals surface area (Å²) in [6, 6.07) is 3.58. The van der Waals surface area contributed by atoms with E-state index < -0.39 is 0 Å². The van der Waals surface area contributed by atoms with Crippen LogP contribution in [0.1, 0.15) is 22.8 Å². The zero-order valence-corrected chi connectivity index (χ0v) is 8.29. The Hall–Kier alpha value is -1.51. The van der Waals surface area contributed by atoms with Crippen molar-refractivity contribution in [2.75, 3.05) is 13.7 Å². The van der Waals surface area contributed by atoms with Crippen molar-refractivity contribution in [3.8, 4) is 11.5 Å². The Labute approximate surface area is 82.6 Å². The van der Waals surface area contributed by atoms with Gasteiger partial charge in [-0.1, -0.05) is 0 Å². The molecule has 0 saturated carbocycles. The van der Waals surface area contributed by atoms with Crippen LogP contribution in [0.5, 0.6) is 11.5 Å². The summed E-state index contributed by atoms with van der Waals surface area (Å²) in [5.41, 5.74) is 1.73. The highest BCUT2D eigenvalue weighted by Gasteiger charge is 2.22. The van der Waals surface area contributed by atoms with Gasteiger partial charge in [-0.15, -0.1) is 0 Å². The third kappa shape index (κ3) is 1.25. The van der Waals surface area contributed by atoms with Gasteiger partial charge in [0.25, 0.3) is 0 Å². The lowest BCUT2D eigenvalue weighted by Gasteiger charge is -2.08. The van der Waals surface area contributed by atoms with Crippen LogP contribution in [-0.4, -0.2) is 19.5 Å². The molecule has 0 unspecified atom stereocenters. The second-order valence-electron chi connectivity index (χ2n) is 3.28. The van der Waals surface area contributed by atoms with Crippen molar-refractivity contribution in [3.63, 3.8) is 0 Å². The van der Waals surface area contributed by atoms with Crippen molar-refractivity contribution >= 4 is 5.78 Å². The minimum absolute atomic E-state index is 0.0782. The summed E-state index contributed by atoms with van der Waals surface area (Å²) in [5, 5.41) is 0. The molecule has 0 N–H and O–H groups in total. The molecular weight excluding hydrogens is 180 g/mol. The number of ketones is 1. The van der Waals surface area contributed by atoms with E-state index in [9.17, 15) is 4.79 Å². The first kappa shape index (κ1) is 9.06. The fraction of sp³-hybridized carbons (Fsp3) is 0.364. The van der Waals surface area contributed by atoms with Gasteiger partial charge in [0.2, 0.25) is 0 Å². The minimum Gasteiger partial charge on any atom is -0.493 e. The third-order valence-electron chi connectivity index (χ3n) is 2.42. The summed E-state index contributed by atoms with van der Waals surface area (Å²) < 4.78 is 10.6. The summed E-state index contributed by atoms with van der Waals surface area (Å²) in [7, 11) is 1.60. The van der Waals surface area contributed by atoms with Crippen LogP contribution in [0.15, 0.2) is 12.1 Å². The highest BCUT2D eigenvalue weighted by molar-refractivity contribution is 5.96. The normalized spacial score (nSPS) is 13.3. The SMILES string of the molecule is COc1ccc(C(C)=O)c2c1OCC2. The maximum absolute atomic E-state index is 11.3. The van der Waals surface area contributed by atoms with Crippen LogP contribution in [0, 0.1) is 0 Å². The van der Waals surface area contributed by atoms with E-state index in [0.717, 1.165) is 23.3 Å². The number of benzene rings is 1. The van der Waals surface area contributed by atoms with Crippen molar-refractivity contribution in [1.82, 2.24) is 0 Å². The number of hydrogen-bond acceptors (Lipinski definition) is 3. The van der Waals surface area contributed by atoms with Crippen LogP contribution in [-0.2, 0) is 6.42 Å². The van der Waals surface area contributed by atoms with Crippen LogP contribution in [0.4, 0.5) is 0 Å². The molecule has 74 valence electrons. The van der Waals surface area contributed by atoms with E-state index in [4.69, 9.17) is 9.47 Å². The van der Waals surface area contributed by atoms with Crippen molar-refractivity contribution in [1.29, 1.82) is 0 Å². The zero-order valence-electron chi connectivity index (χ0n) is 8.29. The van der Waals surface area contributed by atoms with E-state index in [0.29, 0.717) is 12.4 Å². The average Bonchev–Trinajstić information content (AvgIpc) is 2.64. The van der Waals surface area contributed by atoms with Crippen LogP contribution in [0.3, 0.4) is 0 Å². The van der Waals surface area contributed by atoms with E-state index in [1.54, 1.807) is 26.2 Å². The number of carbonyl (C=O) groups is 1. The lowest BCUT2D eigenvalue weighted by atomic mass is 10.0. The van der Waals surface area contributed by atoms with Gasteiger partial charge in [0.15, 0.2) is 17.3 Å². The monoisotopic (exact) mass is 192 g/mol. The first-order valence-corrected chi connectivity index (χ1v) is 4.57. The number of Topliss-reactive ketones (excluding diaryl/α,β-unsaturated/α-hetero) is 1. The first-order chi connectivity index (χ1) is 6.74. The number of fused-ring (bicyclic) bond motifs is 1. The van der Waals surface area contributed by atoms with Gasteiger partial charge in [-0.05, 0) is 19.1 Å². The Balaban J connectivity index is 2.58. The van der Waals surface area contributed by atoms with Crippen molar-refractivity contribution < 1.29 is 14.3 Å². The Kier molecular flexibility index (Phi) is 2.15. The van der Waals surface area contributed by atoms with Crippen LogP contribution < -0.4 is 9.47 Å². The molecule has 0 aromatic heterocycles. The predicted molar refractivity (Wildman–Crippen MR) is 52.2 cm³/mol. The van der Waals surface area contributed by atoms with Gasteiger partial charge in [0, 0.05) is 17.5 Å². The predicted octanol–water partition coefficient (Wildman–Crippen LogP) is 1.83. The number of methoxy groups -OCH3 is 1. The Morgan fingerprint density at radius 2 is 2.29 bits per heavy atom. The maximum atomic E-state index is 11.3. The van der Waals surface area contributed by atoms with E-state index in [1.165, 1.54) is 0 Å². The molecule has 1 aromatic rings. The lowest BCUT2D eigenvalue weighted by molar-refractivity contribution is 0.101. The van der Waals surface area contributed by atoms with E-state index in [-0.39, 0.29) is 5.78 Å². The maximum Gasteiger partial charge on any atom is 0.165 e. The van der Waals surface area contributed by atoms with Gasteiger partial charge in [-0.2, -0.15) is 0 Å². The number of carbonyl (C=O) groups excluding carboxylic acids is 1. The number of rotatable bonds is 2. The molecule has 3 heteroatoms. The Morgan fingerprint density at radius 1 is 1.50 bits per heavy atom. The molecule has 0 fully saturated rings. The molecule has 3 nitrogen and oxygen atoms in total. The van der Waals surface area contributed by atoms with E-state index >= 15 is 0 Å². The second-order valence-corrected chi connectivity index (χ2v) is 3.28. The molecule has 2 rings (SSSR count). The summed E-state index contributed by atoms with van der Waals surface area (Å²) in [4.78, 5) is 11.3. The van der Waals surface area contributed by atoms with Gasteiger partial charge < -0.3 is 9.47 Å². The van der Waals surface area contributed by atoms with Gasteiger partial charge in [-0.3, -0.25) is 4.79 Å². The molecule has 1 aliphatic rings. The van der Waals surface area contributed by atoms with Crippen LogP contribution in [0.2, 0.25) is 0 Å². The smallest absolute Gasteiger partial charge is 0.165 e. The molecule has 0 bridgehead atoms. The summed E-state index contributed by atoms with van der Waals surface area (Å²) >= 11 is 0. The van der Waals surface area contributed by atoms with Gasteiger partial charge in [-0.25, -0.2) is 0 Å². The summed E-state index contributed by atoms with van der Waals surface area (Å²) in [6.07, 6.45) is 0.793. The first-order valence-electron chi connectivity index (χ1n) is 4.57. The fourth-order valence-corrected chi connectivity index (χ4v) is 1.76. The van der Waals surface area contributed by atoms with E-state index in [1.807, 2.05) is 0 Å². The van der Waals surface area contributed by atoms with Gasteiger partial charge in [0.05, 0.1) is 13.7 Å². The zero-order chi connectivity index (χ0) is 10.1. The minimum atomic E-state index is 0.0782. The number of hydrogen-bond donors (Lipinski definition) is 0. The Morgan fingerprint density at radius 3 is 2.93 bits per heavy atom. The molecule has 0 saturated heterocycles. The van der Waals surface area contributed by atoms with Crippen molar-refractivity contribution in [3.05, 3.63) is 23.3 Å². The standard InChI is InChI=1S/C11H12O3/c1-7(12)8-3-4-10(13-2)11-9(8)5-6-14-11/h3-4H,5-6H2,1-2H3. The molecule has 0 radical (unpaired) electrons. The molecule has 1 aliphatic heterocycles. The van der Waals surface area contributed by atoms with Gasteiger partial charge in [0.1, 0.15) is 0 Å².